The highest BCUT2D eigenvalue weighted by Crippen LogP contribution is 2.38. The Labute approximate surface area is 89.6 Å². The zero-order chi connectivity index (χ0) is 10.3. The molecule has 1 fully saturated rings. The van der Waals surface area contributed by atoms with Gasteiger partial charge < -0.3 is 10.1 Å². The number of rotatable bonds is 0. The summed E-state index contributed by atoms with van der Waals surface area (Å²) >= 11 is 0. The number of aryl methyl sites for hydroxylation is 1. The Morgan fingerprint density at radius 2 is 2.27 bits per heavy atom. The lowest BCUT2D eigenvalue weighted by atomic mass is 9.86. The maximum absolute atomic E-state index is 6.07. The summed E-state index contributed by atoms with van der Waals surface area (Å²) in [5.74, 6) is 0. The summed E-state index contributed by atoms with van der Waals surface area (Å²) in [6, 6.07) is 0. The highest BCUT2D eigenvalue weighted by molar-refractivity contribution is 5.25. The van der Waals surface area contributed by atoms with Gasteiger partial charge in [0, 0.05) is 0 Å². The predicted molar refractivity (Wildman–Crippen MR) is 56.7 cm³/mol. The fourth-order valence-corrected chi connectivity index (χ4v) is 2.85. The first-order valence-electron chi connectivity index (χ1n) is 5.69. The van der Waals surface area contributed by atoms with Gasteiger partial charge in [0.05, 0.1) is 25.0 Å². The summed E-state index contributed by atoms with van der Waals surface area (Å²) in [6.07, 6.45) is 4.10. The second kappa shape index (κ2) is 3.32. The van der Waals surface area contributed by atoms with Crippen LogP contribution in [-0.2, 0) is 16.9 Å². The Hall–Kier alpha value is -0.870. The minimum absolute atomic E-state index is 0.0515. The second-order valence-electron chi connectivity index (χ2n) is 4.49. The fraction of sp³-hybridized carbons (Fsp3) is 0.727. The van der Waals surface area contributed by atoms with E-state index < -0.39 is 0 Å². The largest absolute Gasteiger partial charge is 0.367 e. The number of aromatic nitrogens is 2. The van der Waals surface area contributed by atoms with E-state index in [-0.39, 0.29) is 5.60 Å². The van der Waals surface area contributed by atoms with Crippen molar-refractivity contribution in [1.82, 2.24) is 15.1 Å². The van der Waals surface area contributed by atoms with Gasteiger partial charge in [0.1, 0.15) is 5.60 Å². The minimum atomic E-state index is -0.0515. The number of hydrogen-bond acceptors (Lipinski definition) is 3. The van der Waals surface area contributed by atoms with Crippen LogP contribution in [0.3, 0.4) is 0 Å². The normalized spacial score (nSPS) is 24.1. The van der Waals surface area contributed by atoms with E-state index >= 15 is 0 Å². The molecule has 1 saturated heterocycles. The molecule has 1 aromatic heterocycles. The number of nitrogens with zero attached hydrogens (tertiary/aromatic N) is 2. The molecular weight excluding hydrogens is 190 g/mol. The lowest BCUT2D eigenvalue weighted by Crippen LogP contribution is -2.46. The topological polar surface area (TPSA) is 39.1 Å². The molecule has 3 heterocycles. The number of fused-ring (bicyclic) bond motifs is 2. The van der Waals surface area contributed by atoms with E-state index in [0.29, 0.717) is 0 Å². The van der Waals surface area contributed by atoms with Gasteiger partial charge in [0.2, 0.25) is 0 Å². The molecule has 15 heavy (non-hydrogen) atoms. The van der Waals surface area contributed by atoms with Crippen molar-refractivity contribution in [2.24, 2.45) is 0 Å². The zero-order valence-electron chi connectivity index (χ0n) is 9.12. The van der Waals surface area contributed by atoms with Crippen LogP contribution in [-0.4, -0.2) is 29.5 Å². The number of hydrogen-bond donors (Lipinski definition) is 1. The second-order valence-corrected chi connectivity index (χ2v) is 4.49. The Morgan fingerprint density at radius 1 is 1.47 bits per heavy atom. The molecule has 0 bridgehead atoms. The highest BCUT2D eigenvalue weighted by Gasteiger charge is 2.41. The van der Waals surface area contributed by atoms with Gasteiger partial charge in [-0.1, -0.05) is 0 Å². The Kier molecular flexibility index (Phi) is 2.07. The molecule has 0 unspecified atom stereocenters. The molecule has 0 atom stereocenters. The van der Waals surface area contributed by atoms with Crippen LogP contribution in [0, 0.1) is 6.92 Å². The van der Waals surface area contributed by atoms with Crippen LogP contribution in [0.2, 0.25) is 0 Å². The van der Waals surface area contributed by atoms with Gasteiger partial charge in [-0.15, -0.1) is 0 Å². The average molecular weight is 207 g/mol. The third kappa shape index (κ3) is 1.32. The van der Waals surface area contributed by atoms with E-state index in [4.69, 9.17) is 4.74 Å². The van der Waals surface area contributed by atoms with Crippen molar-refractivity contribution in [3.8, 4) is 0 Å². The lowest BCUT2D eigenvalue weighted by molar-refractivity contribution is -0.0988. The van der Waals surface area contributed by atoms with Crippen molar-refractivity contribution in [1.29, 1.82) is 0 Å². The molecule has 4 nitrogen and oxygen atoms in total. The number of piperidine rings is 1. The summed E-state index contributed by atoms with van der Waals surface area (Å²) in [5.41, 5.74) is 2.54. The fourth-order valence-electron chi connectivity index (χ4n) is 2.85. The van der Waals surface area contributed by atoms with E-state index in [0.717, 1.165) is 39.1 Å². The smallest absolute Gasteiger partial charge is 0.112 e. The van der Waals surface area contributed by atoms with E-state index in [2.05, 4.69) is 22.0 Å². The molecule has 4 heteroatoms. The standard InChI is InChI=1S/C11H17N3O/c1-9-8-13-14-6-7-15-11(10(9)14)2-4-12-5-3-11/h8,12H,2-7H2,1H3. The summed E-state index contributed by atoms with van der Waals surface area (Å²) < 4.78 is 8.20. The highest BCUT2D eigenvalue weighted by atomic mass is 16.5. The summed E-state index contributed by atoms with van der Waals surface area (Å²) in [7, 11) is 0. The molecule has 0 amide bonds. The van der Waals surface area contributed by atoms with Crippen molar-refractivity contribution in [3.05, 3.63) is 17.5 Å². The van der Waals surface area contributed by atoms with Gasteiger partial charge in [-0.3, -0.25) is 4.68 Å². The third-order valence-electron chi connectivity index (χ3n) is 3.55. The average Bonchev–Trinajstić information content (AvgIpc) is 2.63. The molecule has 0 radical (unpaired) electrons. The lowest BCUT2D eigenvalue weighted by Gasteiger charge is -2.41. The van der Waals surface area contributed by atoms with Gasteiger partial charge in [0.15, 0.2) is 0 Å². The zero-order valence-corrected chi connectivity index (χ0v) is 9.12. The molecule has 1 N–H and O–H groups in total. The number of ether oxygens (including phenoxy) is 1. The Morgan fingerprint density at radius 3 is 3.07 bits per heavy atom. The molecule has 2 aliphatic heterocycles. The van der Waals surface area contributed by atoms with Crippen LogP contribution in [0.5, 0.6) is 0 Å². The van der Waals surface area contributed by atoms with Crippen molar-refractivity contribution >= 4 is 0 Å². The van der Waals surface area contributed by atoms with Crippen molar-refractivity contribution in [2.45, 2.75) is 31.9 Å². The van der Waals surface area contributed by atoms with Crippen molar-refractivity contribution in [3.63, 3.8) is 0 Å². The minimum Gasteiger partial charge on any atom is -0.367 e. The first kappa shape index (κ1) is 9.36. The molecular formula is C11H17N3O. The maximum Gasteiger partial charge on any atom is 0.112 e. The first-order chi connectivity index (χ1) is 7.32. The molecule has 82 valence electrons. The maximum atomic E-state index is 6.07. The van der Waals surface area contributed by atoms with E-state index in [9.17, 15) is 0 Å². The van der Waals surface area contributed by atoms with Crippen LogP contribution >= 0.6 is 0 Å². The van der Waals surface area contributed by atoms with Crippen LogP contribution in [0.4, 0.5) is 0 Å². The van der Waals surface area contributed by atoms with Gasteiger partial charge in [-0.05, 0) is 38.4 Å². The van der Waals surface area contributed by atoms with Gasteiger partial charge in [0.25, 0.3) is 0 Å². The summed E-state index contributed by atoms with van der Waals surface area (Å²) in [5, 5.41) is 7.81. The van der Waals surface area contributed by atoms with Crippen LogP contribution in [0.15, 0.2) is 6.20 Å². The van der Waals surface area contributed by atoms with Crippen molar-refractivity contribution in [2.75, 3.05) is 19.7 Å². The summed E-state index contributed by atoms with van der Waals surface area (Å²) in [4.78, 5) is 0. The summed E-state index contributed by atoms with van der Waals surface area (Å²) in [6.45, 7) is 5.93. The molecule has 0 saturated carbocycles. The van der Waals surface area contributed by atoms with Gasteiger partial charge in [-0.25, -0.2) is 0 Å². The monoisotopic (exact) mass is 207 g/mol. The van der Waals surface area contributed by atoms with Crippen molar-refractivity contribution < 1.29 is 4.74 Å². The van der Waals surface area contributed by atoms with E-state index in [1.807, 2.05) is 6.20 Å². The number of nitrogens with one attached hydrogen (secondary N) is 1. The van der Waals surface area contributed by atoms with Crippen LogP contribution < -0.4 is 5.32 Å². The van der Waals surface area contributed by atoms with E-state index in [1.165, 1.54) is 11.3 Å². The molecule has 2 aliphatic rings. The van der Waals surface area contributed by atoms with Crippen LogP contribution in [0.25, 0.3) is 0 Å². The molecule has 3 rings (SSSR count). The van der Waals surface area contributed by atoms with Gasteiger partial charge >= 0.3 is 0 Å². The predicted octanol–water partition coefficient (Wildman–Crippen LogP) is 0.800. The van der Waals surface area contributed by atoms with Gasteiger partial charge in [-0.2, -0.15) is 5.10 Å². The third-order valence-corrected chi connectivity index (χ3v) is 3.55. The molecule has 0 aliphatic carbocycles. The Balaban J connectivity index is 2.06. The van der Waals surface area contributed by atoms with E-state index in [1.54, 1.807) is 0 Å². The SMILES string of the molecule is Cc1cnn2c1C1(CCNCC1)OCC2. The molecule has 0 aromatic carbocycles. The molecule has 1 aromatic rings. The quantitative estimate of drug-likeness (QED) is 0.684. The Bertz CT molecular complexity index is 366. The first-order valence-corrected chi connectivity index (χ1v) is 5.69. The molecule has 1 spiro atoms. The van der Waals surface area contributed by atoms with Crippen LogP contribution in [0.1, 0.15) is 24.1 Å².